The van der Waals surface area contributed by atoms with Crippen molar-refractivity contribution in [3.05, 3.63) is 23.7 Å². The zero-order valence-electron chi connectivity index (χ0n) is 9.75. The number of furan rings is 1. The van der Waals surface area contributed by atoms with Crippen LogP contribution in [0.5, 0.6) is 0 Å². The van der Waals surface area contributed by atoms with E-state index in [9.17, 15) is 0 Å². The first-order valence-electron chi connectivity index (χ1n) is 5.77. The highest BCUT2D eigenvalue weighted by Crippen LogP contribution is 2.07. The summed E-state index contributed by atoms with van der Waals surface area (Å²) in [5.74, 6) is 1.83. The van der Waals surface area contributed by atoms with Crippen LogP contribution in [0.4, 0.5) is 0 Å². The molecule has 86 valence electrons. The van der Waals surface area contributed by atoms with E-state index in [0.29, 0.717) is 12.6 Å². The van der Waals surface area contributed by atoms with E-state index in [4.69, 9.17) is 10.2 Å². The van der Waals surface area contributed by atoms with Crippen molar-refractivity contribution < 1.29 is 4.42 Å². The summed E-state index contributed by atoms with van der Waals surface area (Å²) in [6.07, 6.45) is 3.76. The molecule has 3 heteroatoms. The Hall–Kier alpha value is -0.800. The monoisotopic (exact) mass is 210 g/mol. The summed E-state index contributed by atoms with van der Waals surface area (Å²) in [7, 11) is 0. The van der Waals surface area contributed by atoms with E-state index in [0.717, 1.165) is 18.1 Å². The summed E-state index contributed by atoms with van der Waals surface area (Å²) >= 11 is 0. The molecule has 3 N–H and O–H groups in total. The summed E-state index contributed by atoms with van der Waals surface area (Å²) in [4.78, 5) is 0. The first-order valence-corrected chi connectivity index (χ1v) is 5.77. The number of rotatable bonds is 7. The average molecular weight is 210 g/mol. The lowest BCUT2D eigenvalue weighted by Crippen LogP contribution is -2.25. The Balaban J connectivity index is 2.24. The van der Waals surface area contributed by atoms with Gasteiger partial charge in [-0.05, 0) is 25.5 Å². The SMILES string of the molecule is CCCCC(C)NCc1ccc(CN)o1. The molecule has 0 saturated carbocycles. The molecule has 0 aliphatic carbocycles. The lowest BCUT2D eigenvalue weighted by atomic mass is 10.1. The number of unbranched alkanes of at least 4 members (excludes halogenated alkanes) is 1. The second kappa shape index (κ2) is 6.64. The molecular formula is C12H22N2O. The minimum atomic E-state index is 0.478. The third-order valence-electron chi connectivity index (χ3n) is 2.53. The predicted octanol–water partition coefficient (Wildman–Crippen LogP) is 2.41. The number of nitrogens with one attached hydrogen (secondary N) is 1. The summed E-state index contributed by atoms with van der Waals surface area (Å²) < 4.78 is 5.50. The van der Waals surface area contributed by atoms with Gasteiger partial charge in [-0.15, -0.1) is 0 Å². The van der Waals surface area contributed by atoms with Gasteiger partial charge in [0.15, 0.2) is 0 Å². The molecule has 15 heavy (non-hydrogen) atoms. The molecule has 1 unspecified atom stereocenters. The maximum absolute atomic E-state index is 5.50. The van der Waals surface area contributed by atoms with E-state index in [-0.39, 0.29) is 0 Å². The van der Waals surface area contributed by atoms with Crippen LogP contribution in [-0.2, 0) is 13.1 Å². The summed E-state index contributed by atoms with van der Waals surface area (Å²) in [6.45, 7) is 5.70. The van der Waals surface area contributed by atoms with E-state index in [1.54, 1.807) is 0 Å². The Bertz CT molecular complexity index is 270. The first-order chi connectivity index (χ1) is 7.26. The molecule has 0 fully saturated rings. The van der Waals surface area contributed by atoms with Gasteiger partial charge in [-0.25, -0.2) is 0 Å². The average Bonchev–Trinajstić information content (AvgIpc) is 2.71. The van der Waals surface area contributed by atoms with Crippen molar-refractivity contribution in [3.8, 4) is 0 Å². The molecule has 0 saturated heterocycles. The molecule has 1 aromatic rings. The van der Waals surface area contributed by atoms with Gasteiger partial charge in [0.2, 0.25) is 0 Å². The minimum absolute atomic E-state index is 0.478. The fourth-order valence-corrected chi connectivity index (χ4v) is 1.51. The van der Waals surface area contributed by atoms with Crippen LogP contribution >= 0.6 is 0 Å². The second-order valence-electron chi connectivity index (χ2n) is 4.00. The van der Waals surface area contributed by atoms with Crippen LogP contribution in [0.2, 0.25) is 0 Å². The third-order valence-corrected chi connectivity index (χ3v) is 2.53. The highest BCUT2D eigenvalue weighted by Gasteiger charge is 2.03. The lowest BCUT2D eigenvalue weighted by molar-refractivity contribution is 0.418. The summed E-state index contributed by atoms with van der Waals surface area (Å²) in [6, 6.07) is 4.48. The van der Waals surface area contributed by atoms with Crippen molar-refractivity contribution in [1.82, 2.24) is 5.32 Å². The van der Waals surface area contributed by atoms with Crippen molar-refractivity contribution in [3.63, 3.8) is 0 Å². The van der Waals surface area contributed by atoms with E-state index in [1.165, 1.54) is 19.3 Å². The fraction of sp³-hybridized carbons (Fsp3) is 0.667. The highest BCUT2D eigenvalue weighted by molar-refractivity contribution is 5.06. The number of hydrogen-bond acceptors (Lipinski definition) is 3. The minimum Gasteiger partial charge on any atom is -0.463 e. The van der Waals surface area contributed by atoms with Crippen molar-refractivity contribution in [2.75, 3.05) is 0 Å². The van der Waals surface area contributed by atoms with Gasteiger partial charge in [-0.2, -0.15) is 0 Å². The third kappa shape index (κ3) is 4.49. The normalized spacial score (nSPS) is 13.0. The maximum Gasteiger partial charge on any atom is 0.118 e. The Morgan fingerprint density at radius 1 is 1.40 bits per heavy atom. The van der Waals surface area contributed by atoms with Crippen molar-refractivity contribution >= 4 is 0 Å². The smallest absolute Gasteiger partial charge is 0.118 e. The van der Waals surface area contributed by atoms with Crippen molar-refractivity contribution in [2.45, 2.75) is 52.2 Å². The summed E-state index contributed by atoms with van der Waals surface area (Å²) in [5.41, 5.74) is 5.47. The van der Waals surface area contributed by atoms with Crippen LogP contribution < -0.4 is 11.1 Å². The zero-order valence-corrected chi connectivity index (χ0v) is 9.75. The molecule has 1 atom stereocenters. The van der Waals surface area contributed by atoms with Gasteiger partial charge in [0, 0.05) is 6.04 Å². The van der Waals surface area contributed by atoms with E-state index < -0.39 is 0 Å². The van der Waals surface area contributed by atoms with Gasteiger partial charge in [0.25, 0.3) is 0 Å². The van der Waals surface area contributed by atoms with Gasteiger partial charge < -0.3 is 15.5 Å². The van der Waals surface area contributed by atoms with Crippen LogP contribution in [0.3, 0.4) is 0 Å². The van der Waals surface area contributed by atoms with Crippen LogP contribution in [0.1, 0.15) is 44.6 Å². The second-order valence-corrected chi connectivity index (χ2v) is 4.00. The molecule has 1 heterocycles. The molecule has 1 rings (SSSR count). The lowest BCUT2D eigenvalue weighted by Gasteiger charge is -2.11. The molecule has 0 amide bonds. The van der Waals surface area contributed by atoms with Gasteiger partial charge >= 0.3 is 0 Å². The molecular weight excluding hydrogens is 188 g/mol. The molecule has 0 aliphatic heterocycles. The van der Waals surface area contributed by atoms with Crippen molar-refractivity contribution in [1.29, 1.82) is 0 Å². The van der Waals surface area contributed by atoms with Gasteiger partial charge in [-0.1, -0.05) is 19.8 Å². The molecule has 0 spiro atoms. The van der Waals surface area contributed by atoms with Crippen LogP contribution in [0, 0.1) is 0 Å². The molecule has 3 nitrogen and oxygen atoms in total. The zero-order chi connectivity index (χ0) is 11.1. The van der Waals surface area contributed by atoms with Crippen LogP contribution in [0.25, 0.3) is 0 Å². The quantitative estimate of drug-likeness (QED) is 0.726. The molecule has 0 bridgehead atoms. The highest BCUT2D eigenvalue weighted by atomic mass is 16.3. The Morgan fingerprint density at radius 3 is 2.73 bits per heavy atom. The maximum atomic E-state index is 5.50. The van der Waals surface area contributed by atoms with Crippen LogP contribution in [-0.4, -0.2) is 6.04 Å². The van der Waals surface area contributed by atoms with Crippen molar-refractivity contribution in [2.24, 2.45) is 5.73 Å². The fourth-order valence-electron chi connectivity index (χ4n) is 1.51. The Kier molecular flexibility index (Phi) is 5.43. The first kappa shape index (κ1) is 12.3. The van der Waals surface area contributed by atoms with E-state index in [2.05, 4.69) is 19.2 Å². The molecule has 0 aromatic carbocycles. The molecule has 0 aliphatic rings. The van der Waals surface area contributed by atoms with Crippen LogP contribution in [0.15, 0.2) is 16.5 Å². The van der Waals surface area contributed by atoms with Gasteiger partial charge in [0.1, 0.15) is 11.5 Å². The van der Waals surface area contributed by atoms with Gasteiger partial charge in [-0.3, -0.25) is 0 Å². The van der Waals surface area contributed by atoms with E-state index >= 15 is 0 Å². The predicted molar refractivity (Wildman–Crippen MR) is 62.4 cm³/mol. The topological polar surface area (TPSA) is 51.2 Å². The van der Waals surface area contributed by atoms with E-state index in [1.807, 2.05) is 12.1 Å². The number of nitrogens with two attached hydrogens (primary N) is 1. The standard InChI is InChI=1S/C12H22N2O/c1-3-4-5-10(2)14-9-12-7-6-11(8-13)15-12/h6-7,10,14H,3-5,8-9,13H2,1-2H3. The Labute approximate surface area is 92.0 Å². The molecule has 1 aromatic heterocycles. The largest absolute Gasteiger partial charge is 0.463 e. The van der Waals surface area contributed by atoms with Gasteiger partial charge in [0.05, 0.1) is 13.1 Å². The molecule has 0 radical (unpaired) electrons. The Morgan fingerprint density at radius 2 is 2.13 bits per heavy atom. The number of hydrogen-bond donors (Lipinski definition) is 2. The summed E-state index contributed by atoms with van der Waals surface area (Å²) in [5, 5.41) is 3.44.